The summed E-state index contributed by atoms with van der Waals surface area (Å²) in [6.07, 6.45) is 7.82. The minimum atomic E-state index is 0.715. The van der Waals surface area contributed by atoms with Crippen LogP contribution >= 0.6 is 11.8 Å². The Morgan fingerprint density at radius 2 is 2.15 bits per heavy atom. The second-order valence-electron chi connectivity index (χ2n) is 5.52. The van der Waals surface area contributed by atoms with Crippen molar-refractivity contribution < 1.29 is 0 Å². The third-order valence-electron chi connectivity index (χ3n) is 4.03. The highest BCUT2D eigenvalue weighted by atomic mass is 32.2. The molecule has 3 nitrogen and oxygen atoms in total. The fourth-order valence-electron chi connectivity index (χ4n) is 2.90. The lowest BCUT2D eigenvalue weighted by Crippen LogP contribution is -2.30. The predicted molar refractivity (Wildman–Crippen MR) is 87.6 cm³/mol. The number of thioether (sulfide) groups is 1. The molecule has 0 bridgehead atoms. The molecule has 106 valence electrons. The largest absolute Gasteiger partial charge is 0.355 e. The first-order valence-corrected chi connectivity index (χ1v) is 8.56. The Hall–Kier alpha value is -1.29. The van der Waals surface area contributed by atoms with E-state index in [1.165, 1.54) is 30.2 Å². The molecule has 3 rings (SSSR count). The second-order valence-corrected chi connectivity index (χ2v) is 6.66. The standard InChI is InChI=1S/C16H21N3S/c1-12-6-7-15-14(9-12)16(18-11-17-15)19-8-4-3-5-13(10-19)20-2/h6-7,9,11,13H,3-5,8,10H2,1-2H3. The highest BCUT2D eigenvalue weighted by Crippen LogP contribution is 2.28. The van der Waals surface area contributed by atoms with Crippen LogP contribution in [0.3, 0.4) is 0 Å². The molecule has 1 aromatic heterocycles. The van der Waals surface area contributed by atoms with Gasteiger partial charge in [0.2, 0.25) is 0 Å². The van der Waals surface area contributed by atoms with Crippen LogP contribution in [0.4, 0.5) is 5.82 Å². The Bertz CT molecular complexity index is 599. The summed E-state index contributed by atoms with van der Waals surface area (Å²) in [5.41, 5.74) is 2.32. The normalized spacial score (nSPS) is 20.1. The van der Waals surface area contributed by atoms with Crippen LogP contribution in [0.5, 0.6) is 0 Å². The molecular weight excluding hydrogens is 266 g/mol. The topological polar surface area (TPSA) is 29.0 Å². The third kappa shape index (κ3) is 2.75. The van der Waals surface area contributed by atoms with E-state index in [4.69, 9.17) is 0 Å². The van der Waals surface area contributed by atoms with Gasteiger partial charge in [0.15, 0.2) is 0 Å². The second kappa shape index (κ2) is 6.00. The molecule has 0 saturated carbocycles. The molecule has 1 atom stereocenters. The zero-order valence-corrected chi connectivity index (χ0v) is 13.0. The Labute approximate surface area is 124 Å². The molecule has 1 saturated heterocycles. The summed E-state index contributed by atoms with van der Waals surface area (Å²) >= 11 is 1.98. The van der Waals surface area contributed by atoms with Crippen molar-refractivity contribution in [3.8, 4) is 0 Å². The summed E-state index contributed by atoms with van der Waals surface area (Å²) in [5.74, 6) is 1.11. The molecule has 0 radical (unpaired) electrons. The monoisotopic (exact) mass is 287 g/mol. The zero-order chi connectivity index (χ0) is 13.9. The summed E-state index contributed by atoms with van der Waals surface area (Å²) < 4.78 is 0. The number of hydrogen-bond acceptors (Lipinski definition) is 4. The van der Waals surface area contributed by atoms with Crippen LogP contribution in [0.15, 0.2) is 24.5 Å². The SMILES string of the molecule is CSC1CCCCN(c2ncnc3ccc(C)cc23)C1. The number of benzene rings is 1. The number of aryl methyl sites for hydroxylation is 1. The Kier molecular flexibility index (Phi) is 4.10. The van der Waals surface area contributed by atoms with Gasteiger partial charge in [-0.3, -0.25) is 0 Å². The number of hydrogen-bond donors (Lipinski definition) is 0. The summed E-state index contributed by atoms with van der Waals surface area (Å²) in [4.78, 5) is 11.4. The fraction of sp³-hybridized carbons (Fsp3) is 0.500. The maximum absolute atomic E-state index is 4.59. The molecule has 1 aliphatic heterocycles. The minimum Gasteiger partial charge on any atom is -0.355 e. The van der Waals surface area contributed by atoms with Gasteiger partial charge in [-0.25, -0.2) is 9.97 Å². The predicted octanol–water partition coefficient (Wildman–Crippen LogP) is 3.66. The van der Waals surface area contributed by atoms with Gasteiger partial charge in [0, 0.05) is 23.7 Å². The first-order valence-electron chi connectivity index (χ1n) is 7.27. The van der Waals surface area contributed by atoms with Gasteiger partial charge in [0.25, 0.3) is 0 Å². The van der Waals surface area contributed by atoms with Crippen molar-refractivity contribution >= 4 is 28.5 Å². The summed E-state index contributed by atoms with van der Waals surface area (Å²) in [5, 5.41) is 1.90. The van der Waals surface area contributed by atoms with E-state index in [0.717, 1.165) is 24.4 Å². The quantitative estimate of drug-likeness (QED) is 0.843. The summed E-state index contributed by atoms with van der Waals surface area (Å²) in [7, 11) is 0. The van der Waals surface area contributed by atoms with E-state index in [-0.39, 0.29) is 0 Å². The Balaban J connectivity index is 2.01. The lowest BCUT2D eigenvalue weighted by atomic mass is 10.1. The highest BCUT2D eigenvalue weighted by Gasteiger charge is 2.20. The third-order valence-corrected chi connectivity index (χ3v) is 5.08. The van der Waals surface area contributed by atoms with Crippen LogP contribution in [-0.4, -0.2) is 34.6 Å². The van der Waals surface area contributed by atoms with Crippen molar-refractivity contribution in [2.45, 2.75) is 31.4 Å². The molecule has 0 spiro atoms. The highest BCUT2D eigenvalue weighted by molar-refractivity contribution is 7.99. The number of fused-ring (bicyclic) bond motifs is 1. The molecule has 1 fully saturated rings. The lowest BCUT2D eigenvalue weighted by Gasteiger charge is -2.25. The maximum Gasteiger partial charge on any atom is 0.139 e. The van der Waals surface area contributed by atoms with Crippen molar-refractivity contribution in [1.82, 2.24) is 9.97 Å². The van der Waals surface area contributed by atoms with E-state index in [2.05, 4.69) is 46.2 Å². The smallest absolute Gasteiger partial charge is 0.139 e. The zero-order valence-electron chi connectivity index (χ0n) is 12.2. The average molecular weight is 287 g/mol. The lowest BCUT2D eigenvalue weighted by molar-refractivity contribution is 0.736. The van der Waals surface area contributed by atoms with Crippen molar-refractivity contribution in [3.05, 3.63) is 30.1 Å². The van der Waals surface area contributed by atoms with E-state index in [1.54, 1.807) is 6.33 Å². The van der Waals surface area contributed by atoms with E-state index >= 15 is 0 Å². The molecule has 2 aromatic rings. The van der Waals surface area contributed by atoms with Gasteiger partial charge in [-0.1, -0.05) is 18.1 Å². The van der Waals surface area contributed by atoms with Gasteiger partial charge in [-0.2, -0.15) is 11.8 Å². The van der Waals surface area contributed by atoms with Crippen LogP contribution in [0.1, 0.15) is 24.8 Å². The van der Waals surface area contributed by atoms with Crippen LogP contribution in [0.25, 0.3) is 10.9 Å². The molecule has 1 aliphatic rings. The number of aromatic nitrogens is 2. The average Bonchev–Trinajstić information content (AvgIpc) is 2.72. The van der Waals surface area contributed by atoms with E-state index in [1.807, 2.05) is 11.8 Å². The molecule has 1 aromatic carbocycles. The Morgan fingerprint density at radius 3 is 3.00 bits per heavy atom. The number of rotatable bonds is 2. The van der Waals surface area contributed by atoms with Crippen molar-refractivity contribution in [1.29, 1.82) is 0 Å². The van der Waals surface area contributed by atoms with Crippen molar-refractivity contribution in [3.63, 3.8) is 0 Å². The van der Waals surface area contributed by atoms with Gasteiger partial charge in [0.1, 0.15) is 12.1 Å². The fourth-order valence-corrected chi connectivity index (χ4v) is 3.63. The molecule has 0 aliphatic carbocycles. The van der Waals surface area contributed by atoms with Crippen LogP contribution in [0.2, 0.25) is 0 Å². The van der Waals surface area contributed by atoms with Crippen LogP contribution in [-0.2, 0) is 0 Å². The van der Waals surface area contributed by atoms with Crippen molar-refractivity contribution in [2.24, 2.45) is 0 Å². The molecular formula is C16H21N3S. The molecule has 0 N–H and O–H groups in total. The summed E-state index contributed by atoms with van der Waals surface area (Å²) in [6.45, 7) is 4.34. The van der Waals surface area contributed by atoms with Gasteiger partial charge >= 0.3 is 0 Å². The molecule has 2 heterocycles. The molecule has 4 heteroatoms. The van der Waals surface area contributed by atoms with Gasteiger partial charge < -0.3 is 4.90 Å². The Morgan fingerprint density at radius 1 is 1.25 bits per heavy atom. The first kappa shape index (κ1) is 13.7. The molecule has 1 unspecified atom stereocenters. The minimum absolute atomic E-state index is 0.715. The number of anilines is 1. The van der Waals surface area contributed by atoms with Gasteiger partial charge in [0.05, 0.1) is 5.52 Å². The first-order chi connectivity index (χ1) is 9.78. The maximum atomic E-state index is 4.59. The molecule has 20 heavy (non-hydrogen) atoms. The van der Waals surface area contributed by atoms with E-state index < -0.39 is 0 Å². The van der Waals surface area contributed by atoms with Gasteiger partial charge in [-0.05, 0) is 38.2 Å². The molecule has 0 amide bonds. The van der Waals surface area contributed by atoms with E-state index in [9.17, 15) is 0 Å². The van der Waals surface area contributed by atoms with Gasteiger partial charge in [-0.15, -0.1) is 0 Å². The van der Waals surface area contributed by atoms with Crippen molar-refractivity contribution in [2.75, 3.05) is 24.2 Å². The van der Waals surface area contributed by atoms with Crippen LogP contribution < -0.4 is 4.90 Å². The van der Waals surface area contributed by atoms with E-state index in [0.29, 0.717) is 5.25 Å². The summed E-state index contributed by atoms with van der Waals surface area (Å²) in [6, 6.07) is 6.43. The number of nitrogens with zero attached hydrogens (tertiary/aromatic N) is 3. The van der Waals surface area contributed by atoms with Crippen LogP contribution in [0, 0.1) is 6.92 Å².